The van der Waals surface area contributed by atoms with E-state index >= 15 is 0 Å². The second kappa shape index (κ2) is 6.29. The quantitative estimate of drug-likeness (QED) is 0.762. The molecule has 0 aliphatic carbocycles. The van der Waals surface area contributed by atoms with Crippen LogP contribution in [0.5, 0.6) is 0 Å². The summed E-state index contributed by atoms with van der Waals surface area (Å²) >= 11 is 0. The van der Waals surface area contributed by atoms with Gasteiger partial charge in [-0.15, -0.1) is 0 Å². The first-order chi connectivity index (χ1) is 11.1. The van der Waals surface area contributed by atoms with Crippen molar-refractivity contribution in [3.8, 4) is 16.9 Å². The van der Waals surface area contributed by atoms with E-state index < -0.39 is 0 Å². The fraction of sp³-hybridized carbons (Fsp3) is 0.250. The smallest absolute Gasteiger partial charge is 0.268 e. The number of nitrogens with one attached hydrogen (secondary N) is 1. The van der Waals surface area contributed by atoms with Crippen LogP contribution in [0, 0.1) is 13.8 Å². The minimum atomic E-state index is 0.00774. The molecule has 0 radical (unpaired) electrons. The maximum Gasteiger partial charge on any atom is 0.268 e. The van der Waals surface area contributed by atoms with Crippen LogP contribution in [0.2, 0.25) is 0 Å². The van der Waals surface area contributed by atoms with Crippen LogP contribution >= 0.6 is 0 Å². The third-order valence-electron chi connectivity index (χ3n) is 4.25. The normalized spacial score (nSPS) is 10.9. The van der Waals surface area contributed by atoms with Gasteiger partial charge < -0.3 is 0 Å². The highest BCUT2D eigenvalue weighted by Crippen LogP contribution is 2.29. The van der Waals surface area contributed by atoms with Crippen LogP contribution in [0.1, 0.15) is 30.0 Å². The third-order valence-corrected chi connectivity index (χ3v) is 4.25. The molecule has 3 rings (SSSR count). The molecular formula is C20H22N2O. The van der Waals surface area contributed by atoms with E-state index in [-0.39, 0.29) is 5.56 Å². The zero-order valence-electron chi connectivity index (χ0n) is 13.9. The molecule has 0 unspecified atom stereocenters. The molecule has 0 aliphatic rings. The number of hydrogen-bond donors (Lipinski definition) is 1. The fourth-order valence-electron chi connectivity index (χ4n) is 3.07. The van der Waals surface area contributed by atoms with Crippen molar-refractivity contribution in [2.75, 3.05) is 0 Å². The van der Waals surface area contributed by atoms with Gasteiger partial charge in [0, 0.05) is 11.1 Å². The molecule has 3 nitrogen and oxygen atoms in total. The van der Waals surface area contributed by atoms with Crippen LogP contribution in [0.25, 0.3) is 16.9 Å². The van der Waals surface area contributed by atoms with Gasteiger partial charge in [-0.2, -0.15) is 0 Å². The predicted octanol–water partition coefficient (Wildman–Crippen LogP) is 4.40. The molecule has 2 aromatic carbocycles. The van der Waals surface area contributed by atoms with Crippen molar-refractivity contribution in [2.45, 2.75) is 33.6 Å². The highest BCUT2D eigenvalue weighted by atomic mass is 16.1. The summed E-state index contributed by atoms with van der Waals surface area (Å²) in [6.45, 7) is 6.26. The van der Waals surface area contributed by atoms with E-state index in [1.807, 2.05) is 35.0 Å². The maximum absolute atomic E-state index is 12.5. The lowest BCUT2D eigenvalue weighted by Crippen LogP contribution is -2.07. The maximum atomic E-state index is 12.5. The summed E-state index contributed by atoms with van der Waals surface area (Å²) in [4.78, 5) is 12.5. The lowest BCUT2D eigenvalue weighted by Gasteiger charge is -2.14. The largest absolute Gasteiger partial charge is 0.268 e. The molecule has 0 saturated heterocycles. The zero-order valence-corrected chi connectivity index (χ0v) is 13.9. The van der Waals surface area contributed by atoms with Crippen LogP contribution in [-0.2, 0) is 6.42 Å². The number of aromatic nitrogens is 2. The SMILES string of the molecule is CCCc1c(-c2ccccc2C)n(-c2ccccc2C)[nH]c1=O. The van der Waals surface area contributed by atoms with E-state index in [1.54, 1.807) is 0 Å². The van der Waals surface area contributed by atoms with Gasteiger partial charge in [-0.05, 0) is 37.5 Å². The summed E-state index contributed by atoms with van der Waals surface area (Å²) < 4.78 is 1.95. The Balaban J connectivity index is 2.34. The molecule has 3 aromatic rings. The van der Waals surface area contributed by atoms with E-state index in [9.17, 15) is 4.79 Å². The number of nitrogens with zero attached hydrogens (tertiary/aromatic N) is 1. The number of H-pyrrole nitrogens is 1. The number of hydrogen-bond acceptors (Lipinski definition) is 1. The number of aromatic amines is 1. The predicted molar refractivity (Wildman–Crippen MR) is 95.3 cm³/mol. The topological polar surface area (TPSA) is 37.8 Å². The van der Waals surface area contributed by atoms with Gasteiger partial charge in [0.1, 0.15) is 0 Å². The minimum absolute atomic E-state index is 0.00774. The molecule has 0 amide bonds. The summed E-state index contributed by atoms with van der Waals surface area (Å²) in [5, 5.41) is 3.04. The zero-order chi connectivity index (χ0) is 16.4. The van der Waals surface area contributed by atoms with Gasteiger partial charge >= 0.3 is 0 Å². The average molecular weight is 306 g/mol. The van der Waals surface area contributed by atoms with Crippen LogP contribution in [0.15, 0.2) is 53.3 Å². The standard InChI is InChI=1S/C20H22N2O/c1-4-9-17-19(16-12-7-5-10-14(16)2)22(21-20(17)23)18-13-8-6-11-15(18)3/h5-8,10-13H,4,9H2,1-3H3,(H,21,23). The molecule has 0 aliphatic heterocycles. The van der Waals surface area contributed by atoms with Gasteiger partial charge in [-0.3, -0.25) is 14.6 Å². The highest BCUT2D eigenvalue weighted by molar-refractivity contribution is 5.69. The molecule has 1 aromatic heterocycles. The first-order valence-corrected chi connectivity index (χ1v) is 8.09. The molecule has 0 spiro atoms. The number of para-hydroxylation sites is 1. The van der Waals surface area contributed by atoms with Crippen molar-refractivity contribution >= 4 is 0 Å². The van der Waals surface area contributed by atoms with Crippen LogP contribution in [0.4, 0.5) is 0 Å². The average Bonchev–Trinajstić information content (AvgIpc) is 2.85. The van der Waals surface area contributed by atoms with Crippen molar-refractivity contribution < 1.29 is 0 Å². The van der Waals surface area contributed by atoms with Crippen molar-refractivity contribution in [2.24, 2.45) is 0 Å². The molecule has 0 fully saturated rings. The van der Waals surface area contributed by atoms with E-state index in [1.165, 1.54) is 5.56 Å². The van der Waals surface area contributed by atoms with Crippen molar-refractivity contribution in [1.29, 1.82) is 0 Å². The molecule has 0 bridgehead atoms. The van der Waals surface area contributed by atoms with Gasteiger partial charge in [0.05, 0.1) is 11.4 Å². The second-order valence-corrected chi connectivity index (χ2v) is 5.95. The van der Waals surface area contributed by atoms with Gasteiger partial charge in [-0.1, -0.05) is 55.8 Å². The van der Waals surface area contributed by atoms with Gasteiger partial charge in [0.15, 0.2) is 0 Å². The van der Waals surface area contributed by atoms with Crippen molar-refractivity contribution in [1.82, 2.24) is 9.78 Å². The van der Waals surface area contributed by atoms with Crippen LogP contribution < -0.4 is 5.56 Å². The summed E-state index contributed by atoms with van der Waals surface area (Å²) in [6.07, 6.45) is 1.72. The van der Waals surface area contributed by atoms with Crippen LogP contribution in [-0.4, -0.2) is 9.78 Å². The second-order valence-electron chi connectivity index (χ2n) is 5.95. The Morgan fingerprint density at radius 1 is 0.957 bits per heavy atom. The van der Waals surface area contributed by atoms with E-state index in [0.717, 1.165) is 40.9 Å². The molecule has 1 heterocycles. The van der Waals surface area contributed by atoms with Gasteiger partial charge in [0.25, 0.3) is 5.56 Å². The van der Waals surface area contributed by atoms with E-state index in [2.05, 4.69) is 44.1 Å². The monoisotopic (exact) mass is 306 g/mol. The number of rotatable bonds is 4. The Bertz CT molecular complexity index is 887. The van der Waals surface area contributed by atoms with Gasteiger partial charge in [-0.25, -0.2) is 0 Å². The molecule has 0 saturated carbocycles. The van der Waals surface area contributed by atoms with Gasteiger partial charge in [0.2, 0.25) is 0 Å². The highest BCUT2D eigenvalue weighted by Gasteiger charge is 2.19. The van der Waals surface area contributed by atoms with E-state index in [0.29, 0.717) is 0 Å². The Kier molecular flexibility index (Phi) is 4.20. The lowest BCUT2D eigenvalue weighted by molar-refractivity contribution is 0.863. The summed E-state index contributed by atoms with van der Waals surface area (Å²) in [7, 11) is 0. The molecule has 118 valence electrons. The Morgan fingerprint density at radius 2 is 1.61 bits per heavy atom. The number of benzene rings is 2. The Morgan fingerprint density at radius 3 is 2.26 bits per heavy atom. The lowest BCUT2D eigenvalue weighted by atomic mass is 10.00. The van der Waals surface area contributed by atoms with E-state index in [4.69, 9.17) is 0 Å². The molecular weight excluding hydrogens is 284 g/mol. The van der Waals surface area contributed by atoms with Crippen LogP contribution in [0.3, 0.4) is 0 Å². The first-order valence-electron chi connectivity index (χ1n) is 8.09. The minimum Gasteiger partial charge on any atom is -0.268 e. The van der Waals surface area contributed by atoms with Crippen molar-refractivity contribution in [3.63, 3.8) is 0 Å². The first kappa shape index (κ1) is 15.3. The molecule has 0 atom stereocenters. The molecule has 3 heteroatoms. The summed E-state index contributed by atoms with van der Waals surface area (Å²) in [5.74, 6) is 0. The summed E-state index contributed by atoms with van der Waals surface area (Å²) in [6, 6.07) is 16.4. The number of aryl methyl sites for hydroxylation is 2. The summed E-state index contributed by atoms with van der Waals surface area (Å²) in [5.41, 5.74) is 6.30. The molecule has 23 heavy (non-hydrogen) atoms. The Hall–Kier alpha value is -2.55. The fourth-order valence-corrected chi connectivity index (χ4v) is 3.07. The third kappa shape index (κ3) is 2.74. The van der Waals surface area contributed by atoms with Crippen molar-refractivity contribution in [3.05, 3.63) is 75.6 Å². The Labute approximate surface area is 136 Å². The molecule has 1 N–H and O–H groups in total.